The Kier molecular flexibility index (Phi) is 14.0. The van der Waals surface area contributed by atoms with Crippen LogP contribution in [0.5, 0.6) is 0 Å². The molecular formula is C24H39N5O5S. The largest absolute Gasteiger partial charge is 0.480 e. The minimum atomic E-state index is -1.15. The van der Waals surface area contributed by atoms with Crippen molar-refractivity contribution < 1.29 is 24.3 Å². The summed E-state index contributed by atoms with van der Waals surface area (Å²) in [5, 5.41) is 17.3. The van der Waals surface area contributed by atoms with Gasteiger partial charge in [0, 0.05) is 12.2 Å². The van der Waals surface area contributed by atoms with Crippen molar-refractivity contribution in [3.8, 4) is 0 Å². The van der Waals surface area contributed by atoms with Gasteiger partial charge in [0.1, 0.15) is 18.1 Å². The van der Waals surface area contributed by atoms with Crippen molar-refractivity contribution in [2.75, 3.05) is 12.3 Å². The second-order valence-corrected chi connectivity index (χ2v) is 9.28. The van der Waals surface area contributed by atoms with Crippen molar-refractivity contribution >= 4 is 36.3 Å². The summed E-state index contributed by atoms with van der Waals surface area (Å²) >= 11 is 4.17. The number of carboxylic acid groups (broad SMARTS) is 1. The fraction of sp³-hybridized carbons (Fsp3) is 0.583. The van der Waals surface area contributed by atoms with E-state index in [0.717, 1.165) is 12.0 Å². The van der Waals surface area contributed by atoms with E-state index in [1.54, 1.807) is 24.3 Å². The zero-order valence-electron chi connectivity index (χ0n) is 20.4. The number of thiol groups is 1. The van der Waals surface area contributed by atoms with Gasteiger partial charge in [-0.05, 0) is 37.3 Å². The highest BCUT2D eigenvalue weighted by Crippen LogP contribution is 2.08. The van der Waals surface area contributed by atoms with Crippen LogP contribution in [0.15, 0.2) is 30.3 Å². The number of benzene rings is 1. The Morgan fingerprint density at radius 2 is 1.49 bits per heavy atom. The fourth-order valence-electron chi connectivity index (χ4n) is 3.41. The van der Waals surface area contributed by atoms with E-state index >= 15 is 0 Å². The van der Waals surface area contributed by atoms with E-state index in [1.807, 2.05) is 19.9 Å². The molecule has 0 spiro atoms. The molecule has 0 fully saturated rings. The van der Waals surface area contributed by atoms with Gasteiger partial charge in [-0.1, -0.05) is 50.6 Å². The van der Waals surface area contributed by atoms with Gasteiger partial charge in [0.25, 0.3) is 0 Å². The second kappa shape index (κ2) is 16.1. The second-order valence-electron chi connectivity index (χ2n) is 8.91. The van der Waals surface area contributed by atoms with Gasteiger partial charge in [0.2, 0.25) is 17.7 Å². The molecule has 4 unspecified atom stereocenters. The van der Waals surface area contributed by atoms with Gasteiger partial charge in [0.05, 0.1) is 6.04 Å². The normalized spacial score (nSPS) is 14.5. The summed E-state index contributed by atoms with van der Waals surface area (Å²) in [6, 6.07) is 5.04. The molecular weight excluding hydrogens is 470 g/mol. The molecule has 4 atom stereocenters. The molecule has 8 N–H and O–H groups in total. The van der Waals surface area contributed by atoms with E-state index in [4.69, 9.17) is 11.5 Å². The third-order valence-corrected chi connectivity index (χ3v) is 5.72. The Balaban J connectivity index is 2.95. The molecule has 0 bridgehead atoms. The maximum Gasteiger partial charge on any atom is 0.326 e. The molecule has 196 valence electrons. The smallest absolute Gasteiger partial charge is 0.326 e. The topological polar surface area (TPSA) is 177 Å². The number of nitrogens with one attached hydrogen (secondary N) is 3. The van der Waals surface area contributed by atoms with Crippen molar-refractivity contribution in [3.05, 3.63) is 35.9 Å². The molecule has 1 aromatic rings. The van der Waals surface area contributed by atoms with Gasteiger partial charge in [0.15, 0.2) is 0 Å². The third kappa shape index (κ3) is 11.6. The number of carbonyl (C=O) groups excluding carboxylic acids is 3. The molecule has 0 heterocycles. The van der Waals surface area contributed by atoms with Gasteiger partial charge in [-0.25, -0.2) is 4.79 Å². The third-order valence-electron chi connectivity index (χ3n) is 5.36. The molecule has 11 heteroatoms. The monoisotopic (exact) mass is 509 g/mol. The molecule has 0 aliphatic heterocycles. The molecule has 0 saturated carbocycles. The summed E-state index contributed by atoms with van der Waals surface area (Å²) in [6.07, 6.45) is 2.23. The van der Waals surface area contributed by atoms with Crippen molar-refractivity contribution in [2.45, 2.75) is 70.1 Å². The lowest BCUT2D eigenvalue weighted by Gasteiger charge is -2.25. The van der Waals surface area contributed by atoms with Crippen LogP contribution in [-0.4, -0.2) is 65.3 Å². The molecule has 0 aliphatic rings. The van der Waals surface area contributed by atoms with E-state index in [2.05, 4.69) is 28.6 Å². The molecule has 35 heavy (non-hydrogen) atoms. The van der Waals surface area contributed by atoms with Crippen LogP contribution in [0.2, 0.25) is 0 Å². The van der Waals surface area contributed by atoms with E-state index in [1.165, 1.54) is 0 Å². The van der Waals surface area contributed by atoms with Gasteiger partial charge >= 0.3 is 5.97 Å². The zero-order chi connectivity index (χ0) is 26.4. The number of hydrogen-bond donors (Lipinski definition) is 7. The Bertz CT molecular complexity index is 824. The average molecular weight is 510 g/mol. The van der Waals surface area contributed by atoms with Gasteiger partial charge in [-0.2, -0.15) is 12.6 Å². The summed E-state index contributed by atoms with van der Waals surface area (Å²) in [4.78, 5) is 50.1. The van der Waals surface area contributed by atoms with Crippen LogP contribution < -0.4 is 27.4 Å². The van der Waals surface area contributed by atoms with E-state index in [-0.39, 0.29) is 24.5 Å². The summed E-state index contributed by atoms with van der Waals surface area (Å²) in [5.74, 6) is -2.87. The van der Waals surface area contributed by atoms with Crippen molar-refractivity contribution in [1.82, 2.24) is 16.0 Å². The molecule has 1 aromatic carbocycles. The fourth-order valence-corrected chi connectivity index (χ4v) is 3.67. The van der Waals surface area contributed by atoms with Gasteiger partial charge in [-0.15, -0.1) is 0 Å². The van der Waals surface area contributed by atoms with Gasteiger partial charge < -0.3 is 32.5 Å². The Morgan fingerprint density at radius 1 is 0.914 bits per heavy atom. The first-order valence-electron chi connectivity index (χ1n) is 11.8. The Morgan fingerprint density at radius 3 is 2.03 bits per heavy atom. The lowest BCUT2D eigenvalue weighted by Crippen LogP contribution is -2.58. The predicted molar refractivity (Wildman–Crippen MR) is 138 cm³/mol. The minimum Gasteiger partial charge on any atom is -0.480 e. The molecule has 0 aromatic heterocycles. The van der Waals surface area contributed by atoms with Crippen molar-refractivity contribution in [3.63, 3.8) is 0 Å². The molecule has 0 aliphatic carbocycles. The van der Waals surface area contributed by atoms with E-state index < -0.39 is 47.9 Å². The van der Waals surface area contributed by atoms with Crippen LogP contribution in [0, 0.1) is 5.92 Å². The summed E-state index contributed by atoms with van der Waals surface area (Å²) in [5.41, 5.74) is 12.1. The number of carboxylic acids is 1. The molecule has 10 nitrogen and oxygen atoms in total. The SMILES string of the molecule is CC(C)CC(NC(=O)C(Cc1ccccc1)NC(=O)C(CS)NC(=O)C(N)CCCCN)C(=O)O. The lowest BCUT2D eigenvalue weighted by molar-refractivity contribution is -0.142. The molecule has 3 amide bonds. The summed E-state index contributed by atoms with van der Waals surface area (Å²) in [6.45, 7) is 4.21. The predicted octanol–water partition coefficient (Wildman–Crippen LogP) is 0.200. The first-order valence-corrected chi connectivity index (χ1v) is 12.5. The number of unbranched alkanes of at least 4 members (excludes halogenated alkanes) is 1. The Labute approximate surface area is 212 Å². The highest BCUT2D eigenvalue weighted by molar-refractivity contribution is 7.80. The van der Waals surface area contributed by atoms with Crippen LogP contribution in [-0.2, 0) is 25.6 Å². The van der Waals surface area contributed by atoms with Crippen molar-refractivity contribution in [1.29, 1.82) is 0 Å². The van der Waals surface area contributed by atoms with Crippen LogP contribution in [0.25, 0.3) is 0 Å². The molecule has 0 radical (unpaired) electrons. The standard InChI is InChI=1S/C24H39N5O5S/c1-15(2)12-19(24(33)34)28-22(31)18(13-16-8-4-3-5-9-16)27-23(32)20(14-35)29-21(30)17(26)10-6-7-11-25/h3-5,8-9,15,17-20,35H,6-7,10-14,25-26H2,1-2H3,(H,27,32)(H,28,31)(H,29,30)(H,33,34). The quantitative estimate of drug-likeness (QED) is 0.123. The first-order chi connectivity index (χ1) is 16.6. The first kappa shape index (κ1) is 30.4. The summed E-state index contributed by atoms with van der Waals surface area (Å²) < 4.78 is 0. The number of rotatable bonds is 16. The van der Waals surface area contributed by atoms with Crippen LogP contribution >= 0.6 is 12.6 Å². The number of hydrogen-bond acceptors (Lipinski definition) is 7. The number of carbonyl (C=O) groups is 4. The van der Waals surface area contributed by atoms with E-state index in [0.29, 0.717) is 19.4 Å². The highest BCUT2D eigenvalue weighted by atomic mass is 32.1. The Hall–Kier alpha value is -2.63. The van der Waals surface area contributed by atoms with Crippen LogP contribution in [0.4, 0.5) is 0 Å². The van der Waals surface area contributed by atoms with E-state index in [9.17, 15) is 24.3 Å². The maximum atomic E-state index is 13.0. The molecule has 1 rings (SSSR count). The number of amides is 3. The zero-order valence-corrected chi connectivity index (χ0v) is 21.3. The van der Waals surface area contributed by atoms with Gasteiger partial charge in [-0.3, -0.25) is 14.4 Å². The number of nitrogens with two attached hydrogens (primary N) is 2. The van der Waals surface area contributed by atoms with Crippen LogP contribution in [0.1, 0.15) is 45.1 Å². The van der Waals surface area contributed by atoms with Crippen molar-refractivity contribution in [2.24, 2.45) is 17.4 Å². The number of aliphatic carboxylic acids is 1. The maximum absolute atomic E-state index is 13.0. The lowest BCUT2D eigenvalue weighted by atomic mass is 10.0. The molecule has 0 saturated heterocycles. The van der Waals surface area contributed by atoms with Crippen LogP contribution in [0.3, 0.4) is 0 Å². The highest BCUT2D eigenvalue weighted by Gasteiger charge is 2.30. The average Bonchev–Trinajstić information content (AvgIpc) is 2.81. The summed E-state index contributed by atoms with van der Waals surface area (Å²) in [7, 11) is 0. The minimum absolute atomic E-state index is 0.0160.